The van der Waals surface area contributed by atoms with Gasteiger partial charge in [0.15, 0.2) is 9.84 Å². The summed E-state index contributed by atoms with van der Waals surface area (Å²) < 4.78 is 36.9. The van der Waals surface area contributed by atoms with E-state index in [9.17, 15) is 17.6 Å². The maximum atomic E-state index is 13.2. The molecule has 1 amide bonds. The molecule has 0 aliphatic carbocycles. The molecule has 0 aromatic heterocycles. The number of amides is 1. The monoisotopic (exact) mass is 415 g/mol. The molecule has 0 bridgehead atoms. The lowest BCUT2D eigenvalue weighted by Gasteiger charge is -2.29. The quantitative estimate of drug-likeness (QED) is 0.758. The first-order valence-electron chi connectivity index (χ1n) is 7.96. The molecule has 0 unspecified atom stereocenters. The molecular formula is C18H16Cl2FNO3S. The van der Waals surface area contributed by atoms with E-state index >= 15 is 0 Å². The van der Waals surface area contributed by atoms with E-state index in [1.165, 1.54) is 29.2 Å². The number of sulfone groups is 1. The van der Waals surface area contributed by atoms with Crippen LogP contribution in [0.2, 0.25) is 10.0 Å². The number of hydrogen-bond acceptors (Lipinski definition) is 3. The van der Waals surface area contributed by atoms with Gasteiger partial charge >= 0.3 is 0 Å². The van der Waals surface area contributed by atoms with Crippen molar-refractivity contribution in [2.45, 2.75) is 19.0 Å². The van der Waals surface area contributed by atoms with Gasteiger partial charge in [0, 0.05) is 28.2 Å². The van der Waals surface area contributed by atoms with Gasteiger partial charge in [-0.05, 0) is 48.4 Å². The van der Waals surface area contributed by atoms with Crippen molar-refractivity contribution >= 4 is 38.9 Å². The largest absolute Gasteiger partial charge is 0.330 e. The number of carbonyl (C=O) groups excluding carboxylic acids is 1. The van der Waals surface area contributed by atoms with Crippen LogP contribution in [0.4, 0.5) is 4.39 Å². The fraction of sp³-hybridized carbons (Fsp3) is 0.278. The fourth-order valence-electron chi connectivity index (χ4n) is 2.98. The zero-order valence-corrected chi connectivity index (χ0v) is 16.0. The van der Waals surface area contributed by atoms with E-state index in [0.717, 1.165) is 0 Å². The van der Waals surface area contributed by atoms with E-state index < -0.39 is 21.7 Å². The predicted octanol–water partition coefficient (Wildman–Crippen LogP) is 3.96. The van der Waals surface area contributed by atoms with E-state index in [0.29, 0.717) is 27.6 Å². The van der Waals surface area contributed by atoms with Gasteiger partial charge < -0.3 is 4.90 Å². The number of rotatable bonds is 4. The Hall–Kier alpha value is -1.63. The lowest BCUT2D eigenvalue weighted by atomic mass is 10.1. The molecule has 2 aromatic rings. The Kier molecular flexibility index (Phi) is 5.55. The van der Waals surface area contributed by atoms with Gasteiger partial charge in [-0.1, -0.05) is 29.3 Å². The van der Waals surface area contributed by atoms with Gasteiger partial charge in [0.1, 0.15) is 5.82 Å². The van der Waals surface area contributed by atoms with Gasteiger partial charge in [-0.15, -0.1) is 0 Å². The molecule has 4 nitrogen and oxygen atoms in total. The molecule has 0 N–H and O–H groups in total. The topological polar surface area (TPSA) is 54.5 Å². The third kappa shape index (κ3) is 4.37. The second-order valence-electron chi connectivity index (χ2n) is 6.23. The average molecular weight is 416 g/mol. The highest BCUT2D eigenvalue weighted by Crippen LogP contribution is 2.27. The first-order valence-corrected chi connectivity index (χ1v) is 10.5. The third-order valence-corrected chi connectivity index (χ3v) is 6.69. The zero-order chi connectivity index (χ0) is 18.9. The number of halogens is 3. The van der Waals surface area contributed by atoms with Crippen LogP contribution in [0.15, 0.2) is 42.5 Å². The van der Waals surface area contributed by atoms with Crippen LogP contribution >= 0.6 is 23.2 Å². The normalized spacial score (nSPS) is 18.7. The van der Waals surface area contributed by atoms with E-state index in [2.05, 4.69) is 0 Å². The first kappa shape index (κ1) is 19.1. The molecule has 1 aliphatic heterocycles. The molecule has 3 rings (SSSR count). The average Bonchev–Trinajstić information content (AvgIpc) is 2.94. The van der Waals surface area contributed by atoms with E-state index in [-0.39, 0.29) is 24.0 Å². The summed E-state index contributed by atoms with van der Waals surface area (Å²) in [5.41, 5.74) is 0.955. The number of carbonyl (C=O) groups is 1. The highest BCUT2D eigenvalue weighted by molar-refractivity contribution is 7.91. The molecule has 0 radical (unpaired) electrons. The summed E-state index contributed by atoms with van der Waals surface area (Å²) in [7, 11) is -3.18. The Bertz CT molecular complexity index is 932. The summed E-state index contributed by atoms with van der Waals surface area (Å²) in [6.45, 7) is 0.145. The maximum Gasteiger partial charge on any atom is 0.254 e. The van der Waals surface area contributed by atoms with Crippen LogP contribution in [0.25, 0.3) is 0 Å². The molecular weight excluding hydrogens is 400 g/mol. The Morgan fingerprint density at radius 3 is 2.42 bits per heavy atom. The van der Waals surface area contributed by atoms with Crippen LogP contribution in [-0.4, -0.2) is 36.8 Å². The van der Waals surface area contributed by atoms with Gasteiger partial charge in [0.25, 0.3) is 5.91 Å². The Morgan fingerprint density at radius 1 is 1.15 bits per heavy atom. The fourth-order valence-corrected chi connectivity index (χ4v) is 5.18. The van der Waals surface area contributed by atoms with Crippen molar-refractivity contribution < 1.29 is 17.6 Å². The van der Waals surface area contributed by atoms with Crippen LogP contribution in [0, 0.1) is 5.82 Å². The predicted molar refractivity (Wildman–Crippen MR) is 99.8 cm³/mol. The summed E-state index contributed by atoms with van der Waals surface area (Å²) in [5, 5.41) is 0.869. The smallest absolute Gasteiger partial charge is 0.254 e. The molecule has 26 heavy (non-hydrogen) atoms. The molecule has 0 saturated carbocycles. The Balaban J connectivity index is 1.93. The van der Waals surface area contributed by atoms with Gasteiger partial charge in [0.2, 0.25) is 0 Å². The minimum atomic E-state index is -3.18. The number of benzene rings is 2. The van der Waals surface area contributed by atoms with Crippen LogP contribution in [0.3, 0.4) is 0 Å². The van der Waals surface area contributed by atoms with Gasteiger partial charge in [0.05, 0.1) is 11.5 Å². The molecule has 138 valence electrons. The van der Waals surface area contributed by atoms with E-state index in [1.54, 1.807) is 18.2 Å². The second kappa shape index (κ2) is 7.55. The van der Waals surface area contributed by atoms with E-state index in [4.69, 9.17) is 23.2 Å². The summed E-state index contributed by atoms with van der Waals surface area (Å²) >= 11 is 12.1. The van der Waals surface area contributed by atoms with Gasteiger partial charge in [-0.25, -0.2) is 12.8 Å². The molecule has 1 fully saturated rings. The molecule has 1 aliphatic rings. The molecule has 0 spiro atoms. The van der Waals surface area contributed by atoms with Crippen molar-refractivity contribution in [3.8, 4) is 0 Å². The lowest BCUT2D eigenvalue weighted by molar-refractivity contribution is 0.0681. The summed E-state index contributed by atoms with van der Waals surface area (Å²) in [4.78, 5) is 14.5. The van der Waals surface area contributed by atoms with Crippen molar-refractivity contribution in [2.75, 3.05) is 11.5 Å². The summed E-state index contributed by atoms with van der Waals surface area (Å²) in [6.07, 6.45) is 0.362. The molecule has 1 saturated heterocycles. The zero-order valence-electron chi connectivity index (χ0n) is 13.7. The minimum absolute atomic E-state index is 0.0409. The summed E-state index contributed by atoms with van der Waals surface area (Å²) in [5.74, 6) is -0.861. The molecule has 1 atom stereocenters. The maximum absolute atomic E-state index is 13.2. The summed E-state index contributed by atoms with van der Waals surface area (Å²) in [6, 6.07) is 9.66. The van der Waals surface area contributed by atoms with Crippen molar-refractivity contribution in [1.82, 2.24) is 4.90 Å². The SMILES string of the molecule is O=C(c1ccc(F)cc1)N(Cc1ccc(Cl)cc1Cl)[C@H]1CCS(=O)(=O)C1. The molecule has 1 heterocycles. The highest BCUT2D eigenvalue weighted by Gasteiger charge is 2.35. The Morgan fingerprint density at radius 2 is 1.85 bits per heavy atom. The van der Waals surface area contributed by atoms with Crippen LogP contribution in [-0.2, 0) is 16.4 Å². The van der Waals surface area contributed by atoms with Crippen molar-refractivity contribution in [2.24, 2.45) is 0 Å². The van der Waals surface area contributed by atoms with Crippen LogP contribution < -0.4 is 0 Å². The van der Waals surface area contributed by atoms with E-state index in [1.807, 2.05) is 0 Å². The van der Waals surface area contributed by atoms with Crippen molar-refractivity contribution in [3.05, 3.63) is 69.5 Å². The van der Waals surface area contributed by atoms with Crippen LogP contribution in [0.5, 0.6) is 0 Å². The number of nitrogens with zero attached hydrogens (tertiary/aromatic N) is 1. The number of hydrogen-bond donors (Lipinski definition) is 0. The lowest BCUT2D eigenvalue weighted by Crippen LogP contribution is -2.40. The van der Waals surface area contributed by atoms with Gasteiger partial charge in [-0.3, -0.25) is 4.79 Å². The van der Waals surface area contributed by atoms with Crippen LogP contribution in [0.1, 0.15) is 22.3 Å². The first-order chi connectivity index (χ1) is 12.2. The molecule has 2 aromatic carbocycles. The highest BCUT2D eigenvalue weighted by atomic mass is 35.5. The standard InChI is InChI=1S/C18H16Cl2FNO3S/c19-14-4-1-13(17(20)9-14)10-22(16-7-8-26(24,25)11-16)18(23)12-2-5-15(21)6-3-12/h1-6,9,16H,7-8,10-11H2/t16-/m0/s1. The second-order valence-corrected chi connectivity index (χ2v) is 9.30. The van der Waals surface area contributed by atoms with Crippen molar-refractivity contribution in [3.63, 3.8) is 0 Å². The van der Waals surface area contributed by atoms with Crippen molar-refractivity contribution in [1.29, 1.82) is 0 Å². The minimum Gasteiger partial charge on any atom is -0.330 e. The Labute approximate surface area is 161 Å². The van der Waals surface area contributed by atoms with Gasteiger partial charge in [-0.2, -0.15) is 0 Å². The molecule has 8 heteroatoms. The third-order valence-electron chi connectivity index (χ3n) is 4.36.